The van der Waals surface area contributed by atoms with Crippen LogP contribution in [0.3, 0.4) is 0 Å². The molecule has 1 aromatic carbocycles. The van der Waals surface area contributed by atoms with Crippen molar-refractivity contribution in [2.24, 2.45) is 0 Å². The van der Waals surface area contributed by atoms with Crippen LogP contribution in [0.15, 0.2) is 24.3 Å². The van der Waals surface area contributed by atoms with Crippen LogP contribution in [0.1, 0.15) is 12.5 Å². The van der Waals surface area contributed by atoms with Gasteiger partial charge in [0.2, 0.25) is 5.91 Å². The number of carbonyl (C=O) groups is 1. The molecule has 0 aliphatic heterocycles. The van der Waals surface area contributed by atoms with E-state index in [0.29, 0.717) is 6.54 Å². The first-order chi connectivity index (χ1) is 6.22. The predicted molar refractivity (Wildman–Crippen MR) is 49.4 cm³/mol. The number of rotatable bonds is 3. The van der Waals surface area contributed by atoms with Gasteiger partial charge in [0.15, 0.2) is 0 Å². The van der Waals surface area contributed by atoms with Gasteiger partial charge in [-0.1, -0.05) is 12.1 Å². The third-order valence-corrected chi connectivity index (χ3v) is 1.56. The smallest absolute Gasteiger partial charge is 0.221 e. The van der Waals surface area contributed by atoms with Gasteiger partial charge in [0.1, 0.15) is 0 Å². The molecular formula is C9H12N2O2. The van der Waals surface area contributed by atoms with Crippen LogP contribution in [0.4, 0.5) is 5.69 Å². The second-order valence-corrected chi connectivity index (χ2v) is 2.71. The van der Waals surface area contributed by atoms with E-state index < -0.39 is 0 Å². The summed E-state index contributed by atoms with van der Waals surface area (Å²) in [6.45, 7) is 1.86. The number of anilines is 1. The van der Waals surface area contributed by atoms with Crippen molar-refractivity contribution in [3.05, 3.63) is 29.8 Å². The van der Waals surface area contributed by atoms with E-state index in [1.54, 1.807) is 12.1 Å². The number of amides is 1. The van der Waals surface area contributed by atoms with Crippen molar-refractivity contribution in [3.8, 4) is 0 Å². The fraction of sp³-hybridized carbons (Fsp3) is 0.222. The molecule has 0 aromatic heterocycles. The van der Waals surface area contributed by atoms with E-state index in [2.05, 4.69) is 10.8 Å². The van der Waals surface area contributed by atoms with Crippen LogP contribution in [0.25, 0.3) is 0 Å². The van der Waals surface area contributed by atoms with E-state index in [0.717, 1.165) is 11.3 Å². The number of hydrogen-bond acceptors (Lipinski definition) is 3. The third-order valence-electron chi connectivity index (χ3n) is 1.56. The molecule has 0 unspecified atom stereocenters. The molecule has 3 N–H and O–H groups in total. The molecule has 4 heteroatoms. The van der Waals surface area contributed by atoms with Crippen molar-refractivity contribution in [3.63, 3.8) is 0 Å². The highest BCUT2D eigenvalue weighted by molar-refractivity contribution is 5.88. The first kappa shape index (κ1) is 9.70. The van der Waals surface area contributed by atoms with Gasteiger partial charge in [-0.3, -0.25) is 4.79 Å². The maximum absolute atomic E-state index is 10.7. The van der Waals surface area contributed by atoms with E-state index in [1.807, 2.05) is 12.1 Å². The van der Waals surface area contributed by atoms with E-state index in [9.17, 15) is 4.79 Å². The highest BCUT2D eigenvalue weighted by Crippen LogP contribution is 2.08. The van der Waals surface area contributed by atoms with Gasteiger partial charge in [-0.2, -0.15) is 0 Å². The normalized spacial score (nSPS) is 9.69. The van der Waals surface area contributed by atoms with Crippen LogP contribution in [0, 0.1) is 0 Å². The molecule has 0 spiro atoms. The Labute approximate surface area is 76.5 Å². The first-order valence-electron chi connectivity index (χ1n) is 3.96. The summed E-state index contributed by atoms with van der Waals surface area (Å²) in [4.78, 5) is 10.7. The summed E-state index contributed by atoms with van der Waals surface area (Å²) >= 11 is 0. The number of hydrogen-bond donors (Lipinski definition) is 3. The van der Waals surface area contributed by atoms with E-state index in [4.69, 9.17) is 5.21 Å². The van der Waals surface area contributed by atoms with Gasteiger partial charge in [0.05, 0.1) is 0 Å². The van der Waals surface area contributed by atoms with Gasteiger partial charge in [-0.25, -0.2) is 5.48 Å². The van der Waals surface area contributed by atoms with Gasteiger partial charge >= 0.3 is 0 Å². The molecule has 0 atom stereocenters. The van der Waals surface area contributed by atoms with Crippen molar-refractivity contribution in [2.75, 3.05) is 5.32 Å². The molecule has 0 saturated heterocycles. The van der Waals surface area contributed by atoms with Crippen LogP contribution in [0.2, 0.25) is 0 Å². The zero-order chi connectivity index (χ0) is 9.68. The van der Waals surface area contributed by atoms with Gasteiger partial charge in [-0.05, 0) is 17.7 Å². The lowest BCUT2D eigenvalue weighted by molar-refractivity contribution is -0.114. The van der Waals surface area contributed by atoms with Crippen LogP contribution in [-0.4, -0.2) is 11.1 Å². The molecule has 1 rings (SSSR count). The molecular weight excluding hydrogens is 168 g/mol. The topological polar surface area (TPSA) is 61.4 Å². The average Bonchev–Trinajstić information content (AvgIpc) is 2.08. The van der Waals surface area contributed by atoms with Crippen LogP contribution >= 0.6 is 0 Å². The van der Waals surface area contributed by atoms with E-state index >= 15 is 0 Å². The average molecular weight is 180 g/mol. The van der Waals surface area contributed by atoms with Crippen molar-refractivity contribution >= 4 is 11.6 Å². The molecule has 1 amide bonds. The molecule has 4 nitrogen and oxygen atoms in total. The fourth-order valence-electron chi connectivity index (χ4n) is 1.00. The largest absolute Gasteiger partial charge is 0.326 e. The maximum Gasteiger partial charge on any atom is 0.221 e. The number of hydroxylamine groups is 1. The van der Waals surface area contributed by atoms with Crippen LogP contribution in [0.5, 0.6) is 0 Å². The van der Waals surface area contributed by atoms with Crippen molar-refractivity contribution in [1.82, 2.24) is 5.48 Å². The van der Waals surface area contributed by atoms with Crippen LogP contribution in [-0.2, 0) is 11.3 Å². The first-order valence-corrected chi connectivity index (χ1v) is 3.96. The molecule has 70 valence electrons. The second-order valence-electron chi connectivity index (χ2n) is 2.71. The molecule has 0 radical (unpaired) electrons. The Morgan fingerprint density at radius 1 is 1.38 bits per heavy atom. The summed E-state index contributed by atoms with van der Waals surface area (Å²) in [5.74, 6) is -0.0898. The highest BCUT2D eigenvalue weighted by atomic mass is 16.5. The minimum Gasteiger partial charge on any atom is -0.326 e. The summed E-state index contributed by atoms with van der Waals surface area (Å²) in [6.07, 6.45) is 0. The molecule has 1 aromatic rings. The standard InChI is InChI=1S/C9H12N2O2/c1-7(12)11-9-4-2-8(3-5-9)6-10-13/h2-5,10,13H,6H2,1H3,(H,11,12). The van der Waals surface area contributed by atoms with Gasteiger partial charge < -0.3 is 10.5 Å². The third kappa shape index (κ3) is 3.23. The number of benzene rings is 1. The minimum absolute atomic E-state index is 0.0898. The summed E-state index contributed by atoms with van der Waals surface area (Å²) in [6, 6.07) is 7.23. The second kappa shape index (κ2) is 4.59. The summed E-state index contributed by atoms with van der Waals surface area (Å²) in [7, 11) is 0. The zero-order valence-electron chi connectivity index (χ0n) is 7.37. The summed E-state index contributed by atoms with van der Waals surface area (Å²) in [5.41, 5.74) is 3.77. The van der Waals surface area contributed by atoms with Crippen molar-refractivity contribution in [2.45, 2.75) is 13.5 Å². The SMILES string of the molecule is CC(=O)Nc1ccc(CNO)cc1. The Morgan fingerprint density at radius 3 is 2.46 bits per heavy atom. The Kier molecular flexibility index (Phi) is 3.42. The molecule has 0 aliphatic carbocycles. The summed E-state index contributed by atoms with van der Waals surface area (Å²) < 4.78 is 0. The van der Waals surface area contributed by atoms with Crippen molar-refractivity contribution in [1.29, 1.82) is 0 Å². The molecule has 0 fully saturated rings. The van der Waals surface area contributed by atoms with E-state index in [-0.39, 0.29) is 5.91 Å². The molecule has 0 saturated carbocycles. The lowest BCUT2D eigenvalue weighted by Gasteiger charge is -2.03. The Hall–Kier alpha value is -1.39. The van der Waals surface area contributed by atoms with Gasteiger partial charge in [0, 0.05) is 19.2 Å². The van der Waals surface area contributed by atoms with Crippen LogP contribution < -0.4 is 10.8 Å². The quantitative estimate of drug-likeness (QED) is 0.611. The Morgan fingerprint density at radius 2 is 2.00 bits per heavy atom. The summed E-state index contributed by atoms with van der Waals surface area (Å²) in [5, 5.41) is 11.1. The maximum atomic E-state index is 10.7. The lowest BCUT2D eigenvalue weighted by atomic mass is 10.2. The Bertz CT molecular complexity index is 282. The molecule has 13 heavy (non-hydrogen) atoms. The number of carbonyl (C=O) groups excluding carboxylic acids is 1. The minimum atomic E-state index is -0.0898. The lowest BCUT2D eigenvalue weighted by Crippen LogP contribution is -2.07. The van der Waals surface area contributed by atoms with Gasteiger partial charge in [-0.15, -0.1) is 0 Å². The van der Waals surface area contributed by atoms with E-state index in [1.165, 1.54) is 6.92 Å². The zero-order valence-corrected chi connectivity index (χ0v) is 7.37. The van der Waals surface area contributed by atoms with Crippen molar-refractivity contribution < 1.29 is 10.0 Å². The molecule has 0 heterocycles. The Balaban J connectivity index is 2.64. The number of nitrogens with one attached hydrogen (secondary N) is 2. The monoisotopic (exact) mass is 180 g/mol. The van der Waals surface area contributed by atoms with Gasteiger partial charge in [0.25, 0.3) is 0 Å². The molecule has 0 aliphatic rings. The molecule has 0 bridgehead atoms. The highest BCUT2D eigenvalue weighted by Gasteiger charge is 1.95. The fourth-order valence-corrected chi connectivity index (χ4v) is 1.00. The predicted octanol–water partition coefficient (Wildman–Crippen LogP) is 1.12.